The minimum Gasteiger partial charge on any atom is -0.490 e. The van der Waals surface area contributed by atoms with E-state index in [1.165, 1.54) is 5.56 Å². The smallest absolute Gasteiger partial charge is 0.236 e. The average Bonchev–Trinajstić information content (AvgIpc) is 3.44. The topological polar surface area (TPSA) is 80.9 Å². The molecule has 168 valence electrons. The van der Waals surface area contributed by atoms with Crippen LogP contribution in [0.5, 0.6) is 11.5 Å². The number of ether oxygens (including phenoxy) is 2. The van der Waals surface area contributed by atoms with Crippen LogP contribution in [0.1, 0.15) is 25.1 Å². The summed E-state index contributed by atoms with van der Waals surface area (Å²) in [7, 11) is 1.75. The SMILES string of the molecule is CCOc1ccc(CCNC(=NC)NCc2coc(-c3cccs3)n2)cc1OCC.I. The second-order valence-corrected chi connectivity index (χ2v) is 7.32. The van der Waals surface area contributed by atoms with E-state index < -0.39 is 0 Å². The molecular formula is C22H29IN4O3S. The van der Waals surface area contributed by atoms with Gasteiger partial charge in [-0.2, -0.15) is 0 Å². The van der Waals surface area contributed by atoms with Crippen molar-refractivity contribution >= 4 is 41.3 Å². The molecule has 0 unspecified atom stereocenters. The van der Waals surface area contributed by atoms with Gasteiger partial charge >= 0.3 is 0 Å². The zero-order valence-electron chi connectivity index (χ0n) is 18.0. The van der Waals surface area contributed by atoms with Crippen molar-refractivity contribution in [3.05, 3.63) is 53.2 Å². The predicted molar refractivity (Wildman–Crippen MR) is 136 cm³/mol. The van der Waals surface area contributed by atoms with E-state index in [9.17, 15) is 0 Å². The second-order valence-electron chi connectivity index (χ2n) is 6.37. The number of aromatic nitrogens is 1. The number of rotatable bonds is 10. The van der Waals surface area contributed by atoms with Gasteiger partial charge in [0, 0.05) is 13.6 Å². The molecule has 0 aliphatic carbocycles. The van der Waals surface area contributed by atoms with E-state index in [2.05, 4.69) is 26.7 Å². The number of guanidine groups is 1. The minimum atomic E-state index is 0. The Hall–Kier alpha value is -2.27. The number of thiophene rings is 1. The molecule has 0 spiro atoms. The molecule has 2 heterocycles. The summed E-state index contributed by atoms with van der Waals surface area (Å²) in [5.41, 5.74) is 2.00. The van der Waals surface area contributed by atoms with E-state index in [1.54, 1.807) is 24.6 Å². The summed E-state index contributed by atoms with van der Waals surface area (Å²) in [6, 6.07) is 10.0. The molecule has 0 fully saturated rings. The molecule has 0 amide bonds. The van der Waals surface area contributed by atoms with Crippen LogP contribution in [0.15, 0.2) is 51.4 Å². The summed E-state index contributed by atoms with van der Waals surface area (Å²) >= 11 is 1.61. The van der Waals surface area contributed by atoms with Crippen molar-refractivity contribution in [2.75, 3.05) is 26.8 Å². The molecule has 0 radical (unpaired) electrons. The van der Waals surface area contributed by atoms with Gasteiger partial charge < -0.3 is 24.5 Å². The van der Waals surface area contributed by atoms with Gasteiger partial charge in [0.2, 0.25) is 5.89 Å². The van der Waals surface area contributed by atoms with E-state index in [4.69, 9.17) is 13.9 Å². The Balaban J connectivity index is 0.00000341. The van der Waals surface area contributed by atoms with Gasteiger partial charge in [-0.15, -0.1) is 35.3 Å². The molecule has 0 aliphatic rings. The van der Waals surface area contributed by atoms with Gasteiger partial charge in [0.15, 0.2) is 17.5 Å². The molecule has 0 bridgehead atoms. The first-order chi connectivity index (χ1) is 14.7. The third-order valence-corrected chi connectivity index (χ3v) is 5.12. The first-order valence-corrected chi connectivity index (χ1v) is 10.9. The molecule has 2 aromatic heterocycles. The minimum absolute atomic E-state index is 0. The van der Waals surface area contributed by atoms with Crippen molar-refractivity contribution < 1.29 is 13.9 Å². The van der Waals surface area contributed by atoms with Gasteiger partial charge in [-0.25, -0.2) is 4.98 Å². The fraction of sp³-hybridized carbons (Fsp3) is 0.364. The van der Waals surface area contributed by atoms with E-state index in [1.807, 2.05) is 43.5 Å². The maximum atomic E-state index is 5.70. The molecule has 1 aromatic carbocycles. The Morgan fingerprint density at radius 2 is 1.94 bits per heavy atom. The lowest BCUT2D eigenvalue weighted by Crippen LogP contribution is -2.37. The Labute approximate surface area is 204 Å². The number of nitrogens with zero attached hydrogens (tertiary/aromatic N) is 2. The Morgan fingerprint density at radius 3 is 2.65 bits per heavy atom. The highest BCUT2D eigenvalue weighted by Gasteiger charge is 2.09. The molecular weight excluding hydrogens is 527 g/mol. The van der Waals surface area contributed by atoms with Gasteiger partial charge in [0.05, 0.1) is 30.3 Å². The fourth-order valence-electron chi connectivity index (χ4n) is 2.87. The molecule has 3 aromatic rings. The monoisotopic (exact) mass is 556 g/mol. The molecule has 2 N–H and O–H groups in total. The molecule has 9 heteroatoms. The Kier molecular flexibility index (Phi) is 10.6. The van der Waals surface area contributed by atoms with Crippen molar-refractivity contribution in [1.29, 1.82) is 0 Å². The van der Waals surface area contributed by atoms with E-state index in [0.29, 0.717) is 31.6 Å². The van der Waals surface area contributed by atoms with Gasteiger partial charge in [0.25, 0.3) is 0 Å². The standard InChI is InChI=1S/C22H28N4O3S.HI/c1-4-27-18-9-8-16(13-19(18)28-5-2)10-11-24-22(23-3)25-14-17-15-29-21(26-17)20-7-6-12-30-20;/h6-9,12-13,15H,4-5,10-11,14H2,1-3H3,(H2,23,24,25);1H. The first-order valence-electron chi connectivity index (χ1n) is 10.0. The predicted octanol–water partition coefficient (Wildman–Crippen LogP) is 4.73. The van der Waals surface area contributed by atoms with Crippen molar-refractivity contribution in [3.8, 4) is 22.3 Å². The normalized spacial score (nSPS) is 11.0. The number of halogens is 1. The van der Waals surface area contributed by atoms with Crippen LogP contribution >= 0.6 is 35.3 Å². The Morgan fingerprint density at radius 1 is 1.13 bits per heavy atom. The maximum absolute atomic E-state index is 5.70. The summed E-state index contributed by atoms with van der Waals surface area (Å²) < 4.78 is 16.9. The summed E-state index contributed by atoms with van der Waals surface area (Å²) in [4.78, 5) is 9.80. The zero-order valence-corrected chi connectivity index (χ0v) is 21.2. The quantitative estimate of drug-likeness (QED) is 0.214. The van der Waals surface area contributed by atoms with Crippen LogP contribution in [-0.2, 0) is 13.0 Å². The Bertz CT molecular complexity index is 944. The molecule has 0 saturated heterocycles. The van der Waals surface area contributed by atoms with Crippen LogP contribution in [0.3, 0.4) is 0 Å². The van der Waals surface area contributed by atoms with Gasteiger partial charge in [-0.05, 0) is 49.4 Å². The maximum Gasteiger partial charge on any atom is 0.236 e. The van der Waals surface area contributed by atoms with Crippen molar-refractivity contribution in [3.63, 3.8) is 0 Å². The van der Waals surface area contributed by atoms with E-state index in [0.717, 1.165) is 35.0 Å². The van der Waals surface area contributed by atoms with Gasteiger partial charge in [0.1, 0.15) is 6.26 Å². The highest BCUT2D eigenvalue weighted by molar-refractivity contribution is 14.0. The van der Waals surface area contributed by atoms with Crippen LogP contribution in [-0.4, -0.2) is 37.7 Å². The van der Waals surface area contributed by atoms with E-state index in [-0.39, 0.29) is 24.0 Å². The van der Waals surface area contributed by atoms with Crippen LogP contribution in [0.4, 0.5) is 0 Å². The summed E-state index contributed by atoms with van der Waals surface area (Å²) in [6.07, 6.45) is 2.50. The van der Waals surface area contributed by atoms with Crippen LogP contribution < -0.4 is 20.1 Å². The van der Waals surface area contributed by atoms with Crippen molar-refractivity contribution in [2.24, 2.45) is 4.99 Å². The lowest BCUT2D eigenvalue weighted by Gasteiger charge is -2.13. The fourth-order valence-corrected chi connectivity index (χ4v) is 3.53. The molecule has 3 rings (SSSR count). The summed E-state index contributed by atoms with van der Waals surface area (Å²) in [5, 5.41) is 8.59. The summed E-state index contributed by atoms with van der Waals surface area (Å²) in [6.45, 7) is 6.43. The van der Waals surface area contributed by atoms with Crippen molar-refractivity contribution in [1.82, 2.24) is 15.6 Å². The number of nitrogens with one attached hydrogen (secondary N) is 2. The highest BCUT2D eigenvalue weighted by atomic mass is 127. The number of oxazole rings is 1. The zero-order chi connectivity index (χ0) is 21.2. The average molecular weight is 556 g/mol. The molecule has 31 heavy (non-hydrogen) atoms. The molecule has 0 aliphatic heterocycles. The largest absolute Gasteiger partial charge is 0.490 e. The van der Waals surface area contributed by atoms with Crippen LogP contribution in [0.2, 0.25) is 0 Å². The van der Waals surface area contributed by atoms with Crippen molar-refractivity contribution in [2.45, 2.75) is 26.8 Å². The lowest BCUT2D eigenvalue weighted by molar-refractivity contribution is 0.287. The summed E-state index contributed by atoms with van der Waals surface area (Å²) in [5.74, 6) is 2.92. The van der Waals surface area contributed by atoms with E-state index >= 15 is 0 Å². The number of hydrogen-bond donors (Lipinski definition) is 2. The number of hydrogen-bond acceptors (Lipinski definition) is 6. The van der Waals surface area contributed by atoms with Crippen LogP contribution in [0, 0.1) is 0 Å². The molecule has 0 saturated carbocycles. The molecule has 0 atom stereocenters. The van der Waals surface area contributed by atoms with Gasteiger partial charge in [-0.1, -0.05) is 12.1 Å². The third-order valence-electron chi connectivity index (χ3n) is 4.26. The third kappa shape index (κ3) is 7.42. The van der Waals surface area contributed by atoms with Gasteiger partial charge in [-0.3, -0.25) is 4.99 Å². The molecule has 7 nitrogen and oxygen atoms in total. The number of benzene rings is 1. The lowest BCUT2D eigenvalue weighted by atomic mass is 10.1. The second kappa shape index (κ2) is 13.2. The highest BCUT2D eigenvalue weighted by Crippen LogP contribution is 2.28. The number of aliphatic imine (C=N–C) groups is 1. The van der Waals surface area contributed by atoms with Crippen LogP contribution in [0.25, 0.3) is 10.8 Å². The first kappa shape index (κ1) is 25.0.